The first-order chi connectivity index (χ1) is 13.3. The molecule has 4 aromatic rings. The summed E-state index contributed by atoms with van der Waals surface area (Å²) in [6, 6.07) is 11.0. The Labute approximate surface area is 153 Å². The maximum atomic E-state index is 11.7. The number of cyclic esters (lactones) is 1. The maximum absolute atomic E-state index is 11.7. The molecule has 1 amide bonds. The van der Waals surface area contributed by atoms with E-state index in [-0.39, 0.29) is 6.09 Å². The van der Waals surface area contributed by atoms with E-state index in [1.165, 1.54) is 0 Å². The Kier molecular flexibility index (Phi) is 3.49. The van der Waals surface area contributed by atoms with E-state index in [0.29, 0.717) is 41.6 Å². The van der Waals surface area contributed by atoms with E-state index in [1.54, 1.807) is 29.5 Å². The molecule has 5 rings (SSSR count). The number of ether oxygens (including phenoxy) is 1. The van der Waals surface area contributed by atoms with Gasteiger partial charge >= 0.3 is 6.09 Å². The Morgan fingerprint density at radius 1 is 1.15 bits per heavy atom. The summed E-state index contributed by atoms with van der Waals surface area (Å²) in [5, 5.41) is 10.2. The Morgan fingerprint density at radius 3 is 2.78 bits per heavy atom. The van der Waals surface area contributed by atoms with Crippen LogP contribution in [0.1, 0.15) is 0 Å². The van der Waals surface area contributed by atoms with Crippen LogP contribution in [-0.4, -0.2) is 39.4 Å². The van der Waals surface area contributed by atoms with E-state index in [2.05, 4.69) is 25.5 Å². The van der Waals surface area contributed by atoms with Crippen LogP contribution >= 0.6 is 0 Å². The highest BCUT2D eigenvalue weighted by molar-refractivity contribution is 5.90. The van der Waals surface area contributed by atoms with Crippen molar-refractivity contribution in [1.29, 1.82) is 0 Å². The monoisotopic (exact) mass is 362 g/mol. The highest BCUT2D eigenvalue weighted by Gasteiger charge is 2.23. The van der Waals surface area contributed by atoms with Gasteiger partial charge in [-0.3, -0.25) is 10.00 Å². The number of carbonyl (C=O) groups excluding carboxylic acids is 1. The average molecular weight is 362 g/mol. The zero-order valence-corrected chi connectivity index (χ0v) is 14.0. The van der Waals surface area contributed by atoms with Gasteiger partial charge in [0.05, 0.1) is 19.0 Å². The van der Waals surface area contributed by atoms with Crippen LogP contribution in [0.25, 0.3) is 22.6 Å². The van der Waals surface area contributed by atoms with Crippen LogP contribution in [0.5, 0.6) is 0 Å². The molecule has 9 nitrogen and oxygen atoms in total. The molecule has 1 aliphatic heterocycles. The number of hydrogen-bond donors (Lipinski definition) is 2. The fraction of sp³-hybridized carbons (Fsp3) is 0.111. The molecule has 0 aliphatic carbocycles. The zero-order chi connectivity index (χ0) is 18.2. The first-order valence-corrected chi connectivity index (χ1v) is 8.34. The van der Waals surface area contributed by atoms with Crippen molar-refractivity contribution < 1.29 is 13.9 Å². The molecule has 0 saturated carbocycles. The second-order valence-electron chi connectivity index (χ2n) is 5.94. The zero-order valence-electron chi connectivity index (χ0n) is 14.0. The van der Waals surface area contributed by atoms with Crippen molar-refractivity contribution in [3.05, 3.63) is 48.9 Å². The van der Waals surface area contributed by atoms with E-state index < -0.39 is 0 Å². The second-order valence-corrected chi connectivity index (χ2v) is 5.94. The molecule has 134 valence electrons. The number of anilines is 3. The van der Waals surface area contributed by atoms with Gasteiger partial charge in [0.15, 0.2) is 17.4 Å². The number of carbonyl (C=O) groups is 1. The summed E-state index contributed by atoms with van der Waals surface area (Å²) >= 11 is 0. The molecule has 0 spiro atoms. The van der Waals surface area contributed by atoms with Crippen LogP contribution in [0.3, 0.4) is 0 Å². The first-order valence-electron chi connectivity index (χ1n) is 8.34. The van der Waals surface area contributed by atoms with Gasteiger partial charge in [-0.25, -0.2) is 14.8 Å². The van der Waals surface area contributed by atoms with Gasteiger partial charge in [0.1, 0.15) is 17.6 Å². The van der Waals surface area contributed by atoms with Crippen LogP contribution in [0.4, 0.5) is 22.0 Å². The van der Waals surface area contributed by atoms with Crippen molar-refractivity contribution >= 4 is 34.3 Å². The van der Waals surface area contributed by atoms with Crippen molar-refractivity contribution in [2.75, 3.05) is 23.4 Å². The fourth-order valence-electron chi connectivity index (χ4n) is 2.94. The van der Waals surface area contributed by atoms with E-state index in [1.807, 2.05) is 24.3 Å². The molecule has 1 fully saturated rings. The highest BCUT2D eigenvalue weighted by Crippen LogP contribution is 2.27. The van der Waals surface area contributed by atoms with Crippen LogP contribution in [-0.2, 0) is 4.74 Å². The fourth-order valence-corrected chi connectivity index (χ4v) is 2.94. The van der Waals surface area contributed by atoms with Crippen molar-refractivity contribution in [3.63, 3.8) is 0 Å². The Balaban J connectivity index is 1.47. The van der Waals surface area contributed by atoms with Gasteiger partial charge in [0.25, 0.3) is 0 Å². The molecule has 3 aromatic heterocycles. The SMILES string of the molecule is O=C1OCCN1c1ccc(Nc2nc(-c3ccco3)nc3cn[nH]c23)cc1. The number of nitrogens with one attached hydrogen (secondary N) is 2. The summed E-state index contributed by atoms with van der Waals surface area (Å²) in [4.78, 5) is 22.3. The molecule has 1 saturated heterocycles. The minimum atomic E-state index is -0.325. The van der Waals surface area contributed by atoms with E-state index in [9.17, 15) is 4.79 Å². The van der Waals surface area contributed by atoms with Crippen molar-refractivity contribution in [2.45, 2.75) is 0 Å². The molecule has 2 N–H and O–H groups in total. The first kappa shape index (κ1) is 15.4. The Hall–Kier alpha value is -3.88. The lowest BCUT2D eigenvalue weighted by Crippen LogP contribution is -2.23. The minimum Gasteiger partial charge on any atom is -0.461 e. The second kappa shape index (κ2) is 6.13. The third-order valence-corrected chi connectivity index (χ3v) is 4.24. The standard InChI is InChI=1S/C18H14N6O3/c25-18-24(7-9-27-18)12-5-3-11(4-6-12)20-17-15-13(10-19-23-15)21-16(22-17)14-2-1-8-26-14/h1-6,8,10H,7,9H2,(H,19,23)(H,20,21,22). The van der Waals surface area contributed by atoms with Crippen molar-refractivity contribution in [1.82, 2.24) is 20.2 Å². The summed E-state index contributed by atoms with van der Waals surface area (Å²) in [6.45, 7) is 0.964. The number of H-pyrrole nitrogens is 1. The van der Waals surface area contributed by atoms with Gasteiger partial charge in [0, 0.05) is 11.4 Å². The number of fused-ring (bicyclic) bond motifs is 1. The number of aromatic nitrogens is 4. The van der Waals surface area contributed by atoms with E-state index in [4.69, 9.17) is 9.15 Å². The number of rotatable bonds is 4. The number of benzene rings is 1. The van der Waals surface area contributed by atoms with Gasteiger partial charge in [-0.1, -0.05) is 0 Å². The predicted molar refractivity (Wildman–Crippen MR) is 97.8 cm³/mol. The Bertz CT molecular complexity index is 1100. The lowest BCUT2D eigenvalue weighted by Gasteiger charge is -2.13. The van der Waals surface area contributed by atoms with Crippen molar-refractivity contribution in [2.24, 2.45) is 0 Å². The van der Waals surface area contributed by atoms with Crippen LogP contribution in [0, 0.1) is 0 Å². The van der Waals surface area contributed by atoms with Crippen LogP contribution in [0.2, 0.25) is 0 Å². The number of hydrogen-bond acceptors (Lipinski definition) is 7. The quantitative estimate of drug-likeness (QED) is 0.573. The molecule has 0 radical (unpaired) electrons. The number of aromatic amines is 1. The predicted octanol–water partition coefficient (Wildman–Crippen LogP) is 3.31. The average Bonchev–Trinajstić information content (AvgIpc) is 3.44. The molecular formula is C18H14N6O3. The van der Waals surface area contributed by atoms with Crippen molar-refractivity contribution in [3.8, 4) is 11.6 Å². The van der Waals surface area contributed by atoms with Gasteiger partial charge in [-0.15, -0.1) is 0 Å². The van der Waals surface area contributed by atoms with Gasteiger partial charge in [-0.2, -0.15) is 5.10 Å². The molecule has 9 heteroatoms. The summed E-state index contributed by atoms with van der Waals surface area (Å²) in [6.07, 6.45) is 2.89. The summed E-state index contributed by atoms with van der Waals surface area (Å²) < 4.78 is 10.4. The molecule has 1 aliphatic rings. The third-order valence-electron chi connectivity index (χ3n) is 4.24. The number of amides is 1. The maximum Gasteiger partial charge on any atom is 0.414 e. The third kappa shape index (κ3) is 2.74. The molecule has 27 heavy (non-hydrogen) atoms. The minimum absolute atomic E-state index is 0.325. The van der Waals surface area contributed by atoms with Gasteiger partial charge in [-0.05, 0) is 36.4 Å². The lowest BCUT2D eigenvalue weighted by atomic mass is 10.2. The number of furan rings is 1. The number of nitrogens with zero attached hydrogens (tertiary/aromatic N) is 4. The van der Waals surface area contributed by atoms with Crippen LogP contribution in [0.15, 0.2) is 53.3 Å². The molecule has 0 unspecified atom stereocenters. The highest BCUT2D eigenvalue weighted by atomic mass is 16.6. The van der Waals surface area contributed by atoms with Gasteiger partial charge < -0.3 is 14.5 Å². The van der Waals surface area contributed by atoms with Crippen LogP contribution < -0.4 is 10.2 Å². The largest absolute Gasteiger partial charge is 0.461 e. The molecule has 0 atom stereocenters. The Morgan fingerprint density at radius 2 is 2.04 bits per heavy atom. The normalized spacial score (nSPS) is 13.9. The molecular weight excluding hydrogens is 348 g/mol. The molecule has 0 bridgehead atoms. The van der Waals surface area contributed by atoms with Gasteiger partial charge in [0.2, 0.25) is 0 Å². The van der Waals surface area contributed by atoms with E-state index in [0.717, 1.165) is 11.4 Å². The summed E-state index contributed by atoms with van der Waals surface area (Å²) in [5.74, 6) is 1.62. The molecule has 1 aromatic carbocycles. The summed E-state index contributed by atoms with van der Waals surface area (Å²) in [7, 11) is 0. The topological polar surface area (TPSA) is 109 Å². The lowest BCUT2D eigenvalue weighted by molar-refractivity contribution is 0.181. The smallest absolute Gasteiger partial charge is 0.414 e. The van der Waals surface area contributed by atoms with E-state index >= 15 is 0 Å². The summed E-state index contributed by atoms with van der Waals surface area (Å²) in [5.41, 5.74) is 2.97. The molecule has 4 heterocycles.